The highest BCUT2D eigenvalue weighted by Crippen LogP contribution is 2.38. The van der Waals surface area contributed by atoms with E-state index in [0.29, 0.717) is 97.3 Å². The molecule has 10 rings (SSSR count). The van der Waals surface area contributed by atoms with Crippen molar-refractivity contribution in [1.82, 2.24) is 24.5 Å². The number of hydrogen-bond donors (Lipinski definition) is 8. The fourth-order valence-corrected chi connectivity index (χ4v) is 11.5. The normalized spacial score (nSPS) is 11.6. The first-order valence-corrected chi connectivity index (χ1v) is 37.5. The maximum atomic E-state index is 13.0. The third-order valence-corrected chi connectivity index (χ3v) is 17.5. The Morgan fingerprint density at radius 3 is 1.25 bits per heavy atom. The van der Waals surface area contributed by atoms with Gasteiger partial charge in [0, 0.05) is 112 Å². The molecule has 630 valence electrons. The van der Waals surface area contributed by atoms with Crippen molar-refractivity contribution in [3.8, 4) is 28.7 Å². The van der Waals surface area contributed by atoms with Crippen LogP contribution in [0, 0.1) is 30.3 Å². The molecule has 2 aliphatic heterocycles. The molecular formula is C84H105N15O19. The first-order chi connectivity index (χ1) is 56.0. The van der Waals surface area contributed by atoms with Crippen molar-refractivity contribution < 1.29 is 77.7 Å². The number of nitrogens with one attached hydrogen (secondary N) is 1. The summed E-state index contributed by atoms with van der Waals surface area (Å²) in [5, 5.41) is 61.6. The van der Waals surface area contributed by atoms with Gasteiger partial charge in [-0.15, -0.1) is 0 Å². The molecule has 0 saturated carbocycles. The Labute approximate surface area is 684 Å². The quantitative estimate of drug-likeness (QED) is 0.00589. The van der Waals surface area contributed by atoms with Crippen molar-refractivity contribution in [1.29, 1.82) is 0 Å². The second-order valence-corrected chi connectivity index (χ2v) is 28.6. The number of anilines is 5. The molecule has 118 heavy (non-hydrogen) atoms. The number of carbonyl (C=O) groups is 5. The van der Waals surface area contributed by atoms with Crippen molar-refractivity contribution in [2.75, 3.05) is 164 Å². The molecule has 12 N–H and O–H groups in total. The molecule has 0 atom stereocenters. The van der Waals surface area contributed by atoms with Gasteiger partial charge in [0.25, 0.3) is 28.9 Å². The number of nitrogen functional groups attached to an aromatic ring is 4. The Kier molecular flexibility index (Phi) is 36.9. The van der Waals surface area contributed by atoms with Gasteiger partial charge in [-0.25, -0.2) is 9.59 Å². The molecule has 0 spiro atoms. The molecule has 0 fully saturated rings. The molecule has 0 bridgehead atoms. The lowest BCUT2D eigenvalue weighted by atomic mass is 9.98. The zero-order valence-electron chi connectivity index (χ0n) is 68.2. The van der Waals surface area contributed by atoms with Crippen LogP contribution in [0.2, 0.25) is 0 Å². The molecular weight excluding hydrogens is 1520 g/mol. The predicted octanol–water partition coefficient (Wildman–Crippen LogP) is 12.0. The van der Waals surface area contributed by atoms with Gasteiger partial charge in [0.2, 0.25) is 0 Å². The number of hydrogen-bond acceptors (Lipinski definition) is 27. The summed E-state index contributed by atoms with van der Waals surface area (Å²) in [6.45, 7) is 8.82. The minimum Gasteiger partial charge on any atom is -0.494 e. The predicted molar refractivity (Wildman–Crippen MR) is 455 cm³/mol. The number of aromatic carboxylic acids is 2. The number of ketones is 1. The van der Waals surface area contributed by atoms with E-state index in [1.165, 1.54) is 12.1 Å². The first kappa shape index (κ1) is 93.7. The van der Waals surface area contributed by atoms with Gasteiger partial charge < -0.3 is 91.8 Å². The van der Waals surface area contributed by atoms with Gasteiger partial charge >= 0.3 is 11.9 Å². The number of ether oxygens (including phenoxy) is 5. The molecule has 2 aliphatic rings. The molecule has 0 saturated heterocycles. The average Bonchev–Trinajstić information content (AvgIpc) is 1.72. The third-order valence-electron chi connectivity index (χ3n) is 17.5. The van der Waals surface area contributed by atoms with E-state index < -0.39 is 50.6 Å². The summed E-state index contributed by atoms with van der Waals surface area (Å²) in [6, 6.07) is 38.7. The van der Waals surface area contributed by atoms with Crippen LogP contribution in [0.4, 0.5) is 56.9 Å². The van der Waals surface area contributed by atoms with E-state index in [2.05, 4.69) is 29.8 Å². The second kappa shape index (κ2) is 46.4. The standard InChI is InChI=1S/C32H37N5O4.C31H40N6O6.C11H19N3O.C8H5NO6.C2H4O2/c1-35(2)13-5-15-40-25-8-11-28-23(17-25)19-30(33-28)22-7-10-27(32(21-22)37(38)39)31-20-24-18-26(9-12-29(24)34-31)41-16-6-14-36(3)4;1-35(2)13-5-15-42-23-9-7-21(26(32)19-23)18-30(38)22-8-11-25(29(17-22)37(40)41)31(39)34-28-12-10-24(20-27(28)33)43-16-6-14-36(3)4;1-14(2)6-3-7-15-9-4-5-10(12)11(13)8-9;10-7(11)4-1-2-5(8(12)13)6(3-4)9(14)15;1-2(3)4/h7-12,17-18,21H,5-6,13-16,19-20H2,1-4H3;7-12,17,19-20H,5-6,13-16,18,32-33H2,1-4H3,(H,34,39);4-5,8H,3,6-7,12-13H2,1-2H3;1-3H,(H,10,11)(H,12,13);1H3,(H,3,4). The van der Waals surface area contributed by atoms with E-state index in [0.717, 1.165) is 141 Å². The average molecular weight is 1630 g/mol. The number of rotatable bonds is 37. The molecule has 8 aromatic carbocycles. The molecule has 34 nitrogen and oxygen atoms in total. The molecule has 0 aliphatic carbocycles. The monoisotopic (exact) mass is 1630 g/mol. The fraction of sp³-hybridized carbons (Fsp3) is 0.345. The summed E-state index contributed by atoms with van der Waals surface area (Å²) in [7, 11) is 20.2. The van der Waals surface area contributed by atoms with Crippen LogP contribution in [-0.2, 0) is 24.1 Å². The number of nitrogens with zero attached hydrogens (tertiary/aromatic N) is 10. The van der Waals surface area contributed by atoms with Crippen molar-refractivity contribution in [2.45, 2.75) is 58.3 Å². The van der Waals surface area contributed by atoms with Crippen LogP contribution < -0.4 is 51.9 Å². The maximum Gasteiger partial charge on any atom is 0.342 e. The largest absolute Gasteiger partial charge is 0.494 e. The van der Waals surface area contributed by atoms with Crippen LogP contribution in [-0.4, -0.2) is 232 Å². The van der Waals surface area contributed by atoms with Gasteiger partial charge in [-0.3, -0.25) is 54.7 Å². The second-order valence-electron chi connectivity index (χ2n) is 28.6. The minimum atomic E-state index is -1.47. The number of aliphatic imine (C=N–C) groups is 2. The van der Waals surface area contributed by atoms with Gasteiger partial charge in [-0.2, -0.15) is 0 Å². The number of nitrogens with two attached hydrogens (primary N) is 4. The summed E-state index contributed by atoms with van der Waals surface area (Å²) in [5.41, 5.74) is 30.5. The van der Waals surface area contributed by atoms with Gasteiger partial charge in [-0.1, -0.05) is 18.2 Å². The van der Waals surface area contributed by atoms with Crippen molar-refractivity contribution in [3.63, 3.8) is 0 Å². The van der Waals surface area contributed by atoms with Crippen molar-refractivity contribution in [3.05, 3.63) is 226 Å². The number of aliphatic carboxylic acids is 1. The highest BCUT2D eigenvalue weighted by Gasteiger charge is 2.29. The van der Waals surface area contributed by atoms with Gasteiger partial charge in [0.15, 0.2) is 5.78 Å². The molecule has 8 aromatic rings. The summed E-state index contributed by atoms with van der Waals surface area (Å²) in [6.07, 6.45) is 5.62. The number of fused-ring (bicyclic) bond motifs is 2. The number of amides is 1. The zero-order chi connectivity index (χ0) is 86.9. The van der Waals surface area contributed by atoms with Crippen molar-refractivity contribution in [2.24, 2.45) is 9.98 Å². The van der Waals surface area contributed by atoms with Crippen molar-refractivity contribution >= 4 is 97.9 Å². The molecule has 2 heterocycles. The van der Waals surface area contributed by atoms with Gasteiger partial charge in [-0.05, 0) is 210 Å². The van der Waals surface area contributed by atoms with Crippen LogP contribution in [0.15, 0.2) is 156 Å². The van der Waals surface area contributed by atoms with E-state index in [-0.39, 0.29) is 50.9 Å². The highest BCUT2D eigenvalue weighted by molar-refractivity contribution is 6.12. The Morgan fingerprint density at radius 2 is 0.814 bits per heavy atom. The Bertz CT molecular complexity index is 4890. The van der Waals surface area contributed by atoms with Crippen LogP contribution in [0.3, 0.4) is 0 Å². The lowest BCUT2D eigenvalue weighted by Crippen LogP contribution is -2.16. The molecule has 1 amide bonds. The lowest BCUT2D eigenvalue weighted by molar-refractivity contribution is -0.385. The fourth-order valence-electron chi connectivity index (χ4n) is 11.5. The van der Waals surface area contributed by atoms with Crippen LogP contribution in [0.5, 0.6) is 28.7 Å². The van der Waals surface area contributed by atoms with E-state index in [4.69, 9.17) is 76.7 Å². The first-order valence-electron chi connectivity index (χ1n) is 37.5. The molecule has 34 heteroatoms. The Morgan fingerprint density at radius 1 is 0.424 bits per heavy atom. The molecule has 0 radical (unpaired) electrons. The number of Topliss-reactive ketones (excluding diaryl/α,β-unsaturated/α-hetero) is 1. The van der Waals surface area contributed by atoms with E-state index in [1.54, 1.807) is 54.6 Å². The summed E-state index contributed by atoms with van der Waals surface area (Å²) in [4.78, 5) is 109. The maximum absolute atomic E-state index is 13.0. The number of nitro groups is 3. The highest BCUT2D eigenvalue weighted by atomic mass is 16.6. The zero-order valence-corrected chi connectivity index (χ0v) is 68.2. The number of carboxylic acid groups (broad SMARTS) is 3. The molecule has 0 aromatic heterocycles. The lowest BCUT2D eigenvalue weighted by Gasteiger charge is -2.13. The molecule has 0 unspecified atom stereocenters. The minimum absolute atomic E-state index is 0.0396. The van der Waals surface area contributed by atoms with Crippen LogP contribution in [0.1, 0.15) is 108 Å². The van der Waals surface area contributed by atoms with Gasteiger partial charge in [0.1, 0.15) is 39.9 Å². The van der Waals surface area contributed by atoms with Crippen LogP contribution in [0.25, 0.3) is 0 Å². The number of benzene rings is 8. The van der Waals surface area contributed by atoms with Crippen LogP contribution >= 0.6 is 0 Å². The smallest absolute Gasteiger partial charge is 0.342 e. The summed E-state index contributed by atoms with van der Waals surface area (Å²) >= 11 is 0. The SMILES string of the molecule is CC(=O)O.CN(C)CCCOc1ccc(CC(=O)c2ccc(C(=O)Nc3ccc(OCCCN(C)C)cc3N)c([N+](=O)[O-])c2)c(N)c1.CN(C)CCCOc1ccc(N)c(N)c1.CN(C)CCCOc1ccc2c(c1)CC(c1ccc(C3=Nc4ccc(OCCCN(C)C)cc4C3)c([N+](=O)[O-])c1)=N2.O=C(O)c1ccc(C(=O)O)c([N+](=O)[O-])c1. The van der Waals surface area contributed by atoms with Gasteiger partial charge in [0.05, 0.1) is 104 Å². The summed E-state index contributed by atoms with van der Waals surface area (Å²) < 4.78 is 28.8. The summed E-state index contributed by atoms with van der Waals surface area (Å²) in [5.74, 6) is -1.23. The number of carboxylic acids is 3. The Hall–Kier alpha value is -13.2. The Balaban J connectivity index is 0.000000264. The number of nitro benzene ring substituents is 3. The van der Waals surface area contributed by atoms with E-state index >= 15 is 0 Å². The third kappa shape index (κ3) is 30.9. The topological polar surface area (TPSA) is 479 Å². The van der Waals surface area contributed by atoms with E-state index in [9.17, 15) is 49.5 Å². The number of carbonyl (C=O) groups excluding carboxylic acids is 2. The van der Waals surface area contributed by atoms with E-state index in [1.807, 2.05) is 125 Å².